The fourth-order valence-electron chi connectivity index (χ4n) is 4.14. The molecule has 0 spiro atoms. The highest BCUT2D eigenvalue weighted by Gasteiger charge is 2.30. The van der Waals surface area contributed by atoms with Crippen molar-refractivity contribution in [1.29, 1.82) is 0 Å². The third-order valence-electron chi connectivity index (χ3n) is 5.67. The first-order chi connectivity index (χ1) is 12.3. The SMILES string of the molecule is Cn1nc2c(c1CN1CC(Cn3nc(C(C)(C)C)ccc3=O)C1)CCC2. The predicted molar refractivity (Wildman–Crippen MR) is 101 cm³/mol. The summed E-state index contributed by atoms with van der Waals surface area (Å²) < 4.78 is 3.72. The molecular formula is C20H29N5O. The minimum atomic E-state index is -0.0407. The second-order valence-electron chi connectivity index (χ2n) is 8.90. The molecule has 0 aromatic carbocycles. The maximum atomic E-state index is 12.2. The molecule has 0 atom stereocenters. The normalized spacial score (nSPS) is 18.2. The van der Waals surface area contributed by atoms with Crippen LogP contribution in [0.3, 0.4) is 0 Å². The van der Waals surface area contributed by atoms with Gasteiger partial charge >= 0.3 is 0 Å². The van der Waals surface area contributed by atoms with E-state index in [2.05, 4.69) is 47.6 Å². The zero-order valence-corrected chi connectivity index (χ0v) is 16.3. The predicted octanol–water partition coefficient (Wildman–Crippen LogP) is 1.89. The van der Waals surface area contributed by atoms with Crippen molar-refractivity contribution in [3.8, 4) is 0 Å². The van der Waals surface area contributed by atoms with Crippen LogP contribution in [0.5, 0.6) is 0 Å². The molecule has 26 heavy (non-hydrogen) atoms. The molecule has 4 rings (SSSR count). The van der Waals surface area contributed by atoms with Crippen LogP contribution in [0.4, 0.5) is 0 Å². The molecule has 0 unspecified atom stereocenters. The van der Waals surface area contributed by atoms with E-state index >= 15 is 0 Å². The van der Waals surface area contributed by atoms with Gasteiger partial charge in [-0.25, -0.2) is 4.68 Å². The van der Waals surface area contributed by atoms with E-state index in [0.717, 1.165) is 31.7 Å². The fourth-order valence-corrected chi connectivity index (χ4v) is 4.14. The number of nitrogens with zero attached hydrogens (tertiary/aromatic N) is 5. The second kappa shape index (κ2) is 6.34. The van der Waals surface area contributed by atoms with Crippen LogP contribution in [-0.4, -0.2) is 37.6 Å². The fraction of sp³-hybridized carbons (Fsp3) is 0.650. The van der Waals surface area contributed by atoms with Crippen LogP contribution in [0.2, 0.25) is 0 Å². The third kappa shape index (κ3) is 3.22. The monoisotopic (exact) mass is 355 g/mol. The van der Waals surface area contributed by atoms with Crippen LogP contribution < -0.4 is 5.56 Å². The van der Waals surface area contributed by atoms with E-state index in [0.29, 0.717) is 12.5 Å². The van der Waals surface area contributed by atoms with E-state index in [1.165, 1.54) is 29.8 Å². The summed E-state index contributed by atoms with van der Waals surface area (Å²) in [6.45, 7) is 10.1. The summed E-state index contributed by atoms with van der Waals surface area (Å²) in [6.07, 6.45) is 3.55. The average molecular weight is 355 g/mol. The van der Waals surface area contributed by atoms with Crippen LogP contribution in [-0.2, 0) is 38.4 Å². The molecular weight excluding hydrogens is 326 g/mol. The summed E-state index contributed by atoms with van der Waals surface area (Å²) in [5, 5.41) is 9.27. The Hall–Kier alpha value is -1.95. The summed E-state index contributed by atoms with van der Waals surface area (Å²) in [5.41, 5.74) is 5.09. The van der Waals surface area contributed by atoms with Crippen LogP contribution in [0.1, 0.15) is 49.8 Å². The van der Waals surface area contributed by atoms with Crippen molar-refractivity contribution in [3.05, 3.63) is 45.1 Å². The van der Waals surface area contributed by atoms with Crippen molar-refractivity contribution in [2.75, 3.05) is 13.1 Å². The van der Waals surface area contributed by atoms with Gasteiger partial charge in [0.2, 0.25) is 0 Å². The molecule has 1 saturated heterocycles. The highest BCUT2D eigenvalue weighted by molar-refractivity contribution is 5.30. The standard InChI is InChI=1S/C20H29N5O/c1-20(2,3)18-8-9-19(26)25(22-18)12-14-10-24(11-14)13-17-15-6-5-7-16(15)21-23(17)4/h8-9,14H,5-7,10-13H2,1-4H3. The minimum absolute atomic E-state index is 0.000837. The van der Waals surface area contributed by atoms with E-state index in [4.69, 9.17) is 0 Å². The molecule has 1 aliphatic heterocycles. The highest BCUT2D eigenvalue weighted by Crippen LogP contribution is 2.28. The van der Waals surface area contributed by atoms with Gasteiger partial charge in [0.25, 0.3) is 5.56 Å². The van der Waals surface area contributed by atoms with Gasteiger partial charge in [0.1, 0.15) is 0 Å². The number of hydrogen-bond acceptors (Lipinski definition) is 4. The van der Waals surface area contributed by atoms with Gasteiger partial charge in [0, 0.05) is 44.1 Å². The largest absolute Gasteiger partial charge is 0.297 e. The van der Waals surface area contributed by atoms with Crippen LogP contribution in [0, 0.1) is 5.92 Å². The number of likely N-dealkylation sites (tertiary alicyclic amines) is 1. The number of rotatable bonds is 4. The Morgan fingerprint density at radius 3 is 2.65 bits per heavy atom. The van der Waals surface area contributed by atoms with Crippen molar-refractivity contribution in [3.63, 3.8) is 0 Å². The quantitative estimate of drug-likeness (QED) is 0.840. The second-order valence-corrected chi connectivity index (χ2v) is 8.90. The van der Waals surface area contributed by atoms with Gasteiger partial charge in [-0.05, 0) is 30.9 Å². The first-order valence-corrected chi connectivity index (χ1v) is 9.66. The molecule has 6 nitrogen and oxygen atoms in total. The molecule has 6 heteroatoms. The lowest BCUT2D eigenvalue weighted by molar-refractivity contribution is 0.0736. The molecule has 2 aromatic heterocycles. The summed E-state index contributed by atoms with van der Waals surface area (Å²) in [6, 6.07) is 3.51. The molecule has 2 aromatic rings. The summed E-state index contributed by atoms with van der Waals surface area (Å²) >= 11 is 0. The lowest BCUT2D eigenvalue weighted by Gasteiger charge is -2.39. The van der Waals surface area contributed by atoms with Gasteiger partial charge in [-0.15, -0.1) is 0 Å². The van der Waals surface area contributed by atoms with E-state index in [-0.39, 0.29) is 11.0 Å². The van der Waals surface area contributed by atoms with Crippen molar-refractivity contribution < 1.29 is 0 Å². The Kier molecular flexibility index (Phi) is 4.26. The molecule has 0 radical (unpaired) electrons. The van der Waals surface area contributed by atoms with E-state index in [1.54, 1.807) is 10.7 Å². The number of fused-ring (bicyclic) bond motifs is 1. The van der Waals surface area contributed by atoms with Crippen LogP contribution in [0.15, 0.2) is 16.9 Å². The van der Waals surface area contributed by atoms with Gasteiger partial charge in [0.15, 0.2) is 0 Å². The molecule has 1 fully saturated rings. The van der Waals surface area contributed by atoms with Gasteiger partial charge in [0.05, 0.1) is 23.6 Å². The molecule has 0 N–H and O–H groups in total. The minimum Gasteiger partial charge on any atom is -0.297 e. The molecule has 0 bridgehead atoms. The first kappa shape index (κ1) is 17.5. The number of aryl methyl sites for hydroxylation is 2. The Morgan fingerprint density at radius 1 is 1.15 bits per heavy atom. The molecule has 0 amide bonds. The Bertz CT molecular complexity index is 867. The maximum absolute atomic E-state index is 12.2. The van der Waals surface area contributed by atoms with Crippen LogP contribution in [0.25, 0.3) is 0 Å². The number of hydrogen-bond donors (Lipinski definition) is 0. The Labute approximate surface area is 154 Å². The summed E-state index contributed by atoms with van der Waals surface area (Å²) in [7, 11) is 2.06. The van der Waals surface area contributed by atoms with Gasteiger partial charge < -0.3 is 0 Å². The lowest BCUT2D eigenvalue weighted by Crippen LogP contribution is -2.49. The van der Waals surface area contributed by atoms with Gasteiger partial charge in [-0.2, -0.15) is 10.2 Å². The zero-order chi connectivity index (χ0) is 18.5. The van der Waals surface area contributed by atoms with E-state index < -0.39 is 0 Å². The van der Waals surface area contributed by atoms with Gasteiger partial charge in [-0.1, -0.05) is 20.8 Å². The third-order valence-corrected chi connectivity index (χ3v) is 5.67. The smallest absolute Gasteiger partial charge is 0.266 e. The molecule has 0 saturated carbocycles. The summed E-state index contributed by atoms with van der Waals surface area (Å²) in [5.74, 6) is 0.497. The highest BCUT2D eigenvalue weighted by atomic mass is 16.1. The molecule has 140 valence electrons. The van der Waals surface area contributed by atoms with E-state index in [9.17, 15) is 4.79 Å². The molecule has 3 heterocycles. The first-order valence-electron chi connectivity index (χ1n) is 9.66. The average Bonchev–Trinajstić information content (AvgIpc) is 3.07. The topological polar surface area (TPSA) is 56.0 Å². The zero-order valence-electron chi connectivity index (χ0n) is 16.3. The van der Waals surface area contributed by atoms with Crippen LogP contribution >= 0.6 is 0 Å². The summed E-state index contributed by atoms with van der Waals surface area (Å²) in [4.78, 5) is 14.6. The molecule has 2 aliphatic rings. The van der Waals surface area contributed by atoms with Crippen molar-refractivity contribution in [2.24, 2.45) is 13.0 Å². The van der Waals surface area contributed by atoms with Crippen molar-refractivity contribution in [2.45, 2.75) is 58.5 Å². The Balaban J connectivity index is 1.38. The molecule has 1 aliphatic carbocycles. The van der Waals surface area contributed by atoms with Gasteiger partial charge in [-0.3, -0.25) is 14.4 Å². The van der Waals surface area contributed by atoms with Crippen molar-refractivity contribution >= 4 is 0 Å². The lowest BCUT2D eigenvalue weighted by atomic mass is 9.92. The number of aromatic nitrogens is 4. The van der Waals surface area contributed by atoms with E-state index in [1.807, 2.05) is 6.07 Å². The van der Waals surface area contributed by atoms with Crippen molar-refractivity contribution in [1.82, 2.24) is 24.5 Å². The maximum Gasteiger partial charge on any atom is 0.266 e. The Morgan fingerprint density at radius 2 is 1.92 bits per heavy atom.